The largest absolute Gasteiger partial charge is 0.299 e. The van der Waals surface area contributed by atoms with E-state index in [1.54, 1.807) is 0 Å². The van der Waals surface area contributed by atoms with E-state index in [4.69, 9.17) is 4.55 Å². The third-order valence-corrected chi connectivity index (χ3v) is 2.28. The topological polar surface area (TPSA) is 71.4 Å². The SMILES string of the molecule is CCCCC(=O)[CH]CCS(=O)(=O)O. The summed E-state index contributed by atoms with van der Waals surface area (Å²) in [6.07, 6.45) is 3.64. The average Bonchev–Trinajstić information content (AvgIpc) is 1.98. The second-order valence-corrected chi connectivity index (χ2v) is 4.42. The highest BCUT2D eigenvalue weighted by molar-refractivity contribution is 7.85. The lowest BCUT2D eigenvalue weighted by atomic mass is 10.1. The van der Waals surface area contributed by atoms with Crippen molar-refractivity contribution in [1.29, 1.82) is 0 Å². The molecule has 0 amide bonds. The Morgan fingerprint density at radius 1 is 1.46 bits per heavy atom. The highest BCUT2D eigenvalue weighted by Gasteiger charge is 2.07. The summed E-state index contributed by atoms with van der Waals surface area (Å²) in [5.41, 5.74) is 0. The number of hydrogen-bond acceptors (Lipinski definition) is 3. The molecule has 0 aliphatic carbocycles. The van der Waals surface area contributed by atoms with Gasteiger partial charge >= 0.3 is 0 Å². The molecule has 1 N–H and O–H groups in total. The van der Waals surface area contributed by atoms with Gasteiger partial charge in [-0.2, -0.15) is 8.42 Å². The van der Waals surface area contributed by atoms with Gasteiger partial charge in [-0.15, -0.1) is 0 Å². The second kappa shape index (κ2) is 6.10. The van der Waals surface area contributed by atoms with E-state index < -0.39 is 10.1 Å². The van der Waals surface area contributed by atoms with Crippen LogP contribution in [0.15, 0.2) is 0 Å². The summed E-state index contributed by atoms with van der Waals surface area (Å²) < 4.78 is 28.8. The maximum atomic E-state index is 11.0. The van der Waals surface area contributed by atoms with Crippen LogP contribution in [0.1, 0.15) is 32.6 Å². The van der Waals surface area contributed by atoms with E-state index in [2.05, 4.69) is 0 Å². The van der Waals surface area contributed by atoms with Crippen LogP contribution in [-0.2, 0) is 14.9 Å². The van der Waals surface area contributed by atoms with Crippen molar-refractivity contribution in [2.75, 3.05) is 5.75 Å². The summed E-state index contributed by atoms with van der Waals surface area (Å²) in [4.78, 5) is 11.0. The molecule has 0 aliphatic rings. The zero-order valence-corrected chi connectivity index (χ0v) is 8.51. The van der Waals surface area contributed by atoms with Crippen LogP contribution >= 0.6 is 0 Å². The van der Waals surface area contributed by atoms with Crippen molar-refractivity contribution in [3.63, 3.8) is 0 Å². The van der Waals surface area contributed by atoms with Gasteiger partial charge in [0.1, 0.15) is 5.78 Å². The van der Waals surface area contributed by atoms with Crippen molar-refractivity contribution in [2.24, 2.45) is 0 Å². The van der Waals surface area contributed by atoms with Crippen molar-refractivity contribution in [1.82, 2.24) is 0 Å². The molecule has 0 fully saturated rings. The predicted molar refractivity (Wildman–Crippen MR) is 49.9 cm³/mol. The molecule has 0 aromatic rings. The van der Waals surface area contributed by atoms with Gasteiger partial charge in [-0.05, 0) is 12.8 Å². The van der Waals surface area contributed by atoms with Gasteiger partial charge in [0.05, 0.1) is 5.75 Å². The first kappa shape index (κ1) is 12.6. The molecule has 0 heterocycles. The van der Waals surface area contributed by atoms with Crippen molar-refractivity contribution in [3.05, 3.63) is 6.42 Å². The monoisotopic (exact) mass is 207 g/mol. The zero-order valence-electron chi connectivity index (χ0n) is 7.69. The van der Waals surface area contributed by atoms with Crippen LogP contribution in [0, 0.1) is 6.42 Å². The Morgan fingerprint density at radius 3 is 2.54 bits per heavy atom. The molecular weight excluding hydrogens is 192 g/mol. The van der Waals surface area contributed by atoms with Crippen LogP contribution < -0.4 is 0 Å². The summed E-state index contributed by atoms with van der Waals surface area (Å²) in [5, 5.41) is 0. The molecule has 0 spiro atoms. The minimum absolute atomic E-state index is 0.0505. The first-order valence-corrected chi connectivity index (χ1v) is 5.88. The predicted octanol–water partition coefficient (Wildman–Crippen LogP) is 1.23. The Labute approximate surface area is 79.1 Å². The summed E-state index contributed by atoms with van der Waals surface area (Å²) in [6, 6.07) is 0. The standard InChI is InChI=1S/C8H15O4S/c1-2-3-5-8(9)6-4-7-13(10,11)12/h6H,2-5,7H2,1H3,(H,10,11,12). The van der Waals surface area contributed by atoms with E-state index in [9.17, 15) is 13.2 Å². The molecule has 5 heteroatoms. The number of rotatable bonds is 7. The van der Waals surface area contributed by atoms with Crippen LogP contribution in [0.2, 0.25) is 0 Å². The molecule has 77 valence electrons. The first-order chi connectivity index (χ1) is 5.95. The Morgan fingerprint density at radius 2 is 2.08 bits per heavy atom. The maximum absolute atomic E-state index is 11.0. The number of ketones is 1. The molecule has 0 aliphatic heterocycles. The van der Waals surface area contributed by atoms with E-state index in [-0.39, 0.29) is 18.0 Å². The second-order valence-electron chi connectivity index (χ2n) is 2.85. The molecule has 0 saturated heterocycles. The quantitative estimate of drug-likeness (QED) is 0.637. The molecule has 0 aromatic heterocycles. The van der Waals surface area contributed by atoms with Crippen LogP contribution in [0.25, 0.3) is 0 Å². The number of carbonyl (C=O) groups excluding carboxylic acids is 1. The van der Waals surface area contributed by atoms with Crippen molar-refractivity contribution >= 4 is 15.9 Å². The lowest BCUT2D eigenvalue weighted by molar-refractivity contribution is -0.116. The highest BCUT2D eigenvalue weighted by Crippen LogP contribution is 2.01. The molecule has 0 unspecified atom stereocenters. The van der Waals surface area contributed by atoms with Crippen LogP contribution in [-0.4, -0.2) is 24.5 Å². The van der Waals surface area contributed by atoms with Crippen molar-refractivity contribution in [2.45, 2.75) is 32.6 Å². The highest BCUT2D eigenvalue weighted by atomic mass is 32.2. The fourth-order valence-electron chi connectivity index (χ4n) is 0.822. The normalized spacial score (nSPS) is 11.5. The molecule has 4 nitrogen and oxygen atoms in total. The van der Waals surface area contributed by atoms with E-state index in [0.29, 0.717) is 6.42 Å². The van der Waals surface area contributed by atoms with Gasteiger partial charge in [-0.1, -0.05) is 13.3 Å². The molecule has 13 heavy (non-hydrogen) atoms. The van der Waals surface area contributed by atoms with Gasteiger partial charge in [-0.25, -0.2) is 0 Å². The zero-order chi connectivity index (χ0) is 10.3. The minimum Gasteiger partial charge on any atom is -0.299 e. The fourth-order valence-corrected chi connectivity index (χ4v) is 1.24. The number of carbonyl (C=O) groups is 1. The summed E-state index contributed by atoms with van der Waals surface area (Å²) in [6.45, 7) is 1.98. The Hall–Kier alpha value is -0.420. The molecular formula is C8H15O4S. The molecule has 1 radical (unpaired) electrons. The van der Waals surface area contributed by atoms with E-state index in [1.807, 2.05) is 6.92 Å². The lowest BCUT2D eigenvalue weighted by Crippen LogP contribution is -2.07. The lowest BCUT2D eigenvalue weighted by Gasteiger charge is -1.97. The number of hydrogen-bond donors (Lipinski definition) is 1. The van der Waals surface area contributed by atoms with E-state index in [0.717, 1.165) is 12.8 Å². The van der Waals surface area contributed by atoms with Crippen LogP contribution in [0.4, 0.5) is 0 Å². The van der Waals surface area contributed by atoms with Crippen LogP contribution in [0.3, 0.4) is 0 Å². The summed E-state index contributed by atoms with van der Waals surface area (Å²) >= 11 is 0. The Kier molecular flexibility index (Phi) is 5.90. The third kappa shape index (κ3) is 9.49. The van der Waals surface area contributed by atoms with E-state index >= 15 is 0 Å². The summed E-state index contributed by atoms with van der Waals surface area (Å²) in [5.74, 6) is -0.421. The Balaban J connectivity index is 3.49. The van der Waals surface area contributed by atoms with Crippen molar-refractivity contribution < 1.29 is 17.8 Å². The van der Waals surface area contributed by atoms with Crippen LogP contribution in [0.5, 0.6) is 0 Å². The molecule has 0 aromatic carbocycles. The molecule has 0 bridgehead atoms. The average molecular weight is 207 g/mol. The third-order valence-electron chi connectivity index (χ3n) is 1.52. The van der Waals surface area contributed by atoms with Gasteiger partial charge in [0.25, 0.3) is 10.1 Å². The van der Waals surface area contributed by atoms with Gasteiger partial charge in [-0.3, -0.25) is 9.35 Å². The number of unbranched alkanes of at least 4 members (excludes halogenated alkanes) is 1. The first-order valence-electron chi connectivity index (χ1n) is 4.27. The van der Waals surface area contributed by atoms with Crippen molar-refractivity contribution in [3.8, 4) is 0 Å². The van der Waals surface area contributed by atoms with Gasteiger partial charge in [0.2, 0.25) is 0 Å². The van der Waals surface area contributed by atoms with Gasteiger partial charge < -0.3 is 0 Å². The smallest absolute Gasteiger partial charge is 0.264 e. The minimum atomic E-state index is -3.92. The maximum Gasteiger partial charge on any atom is 0.264 e. The Bertz CT molecular complexity index is 243. The van der Waals surface area contributed by atoms with Gasteiger partial charge in [0, 0.05) is 12.8 Å². The molecule has 0 rings (SSSR count). The van der Waals surface area contributed by atoms with E-state index in [1.165, 1.54) is 6.42 Å². The fraction of sp³-hybridized carbons (Fsp3) is 0.750. The summed E-state index contributed by atoms with van der Waals surface area (Å²) in [7, 11) is -3.92. The number of Topliss-reactive ketones (excluding diaryl/α,β-unsaturated/α-hetero) is 1. The molecule has 0 saturated carbocycles. The van der Waals surface area contributed by atoms with Gasteiger partial charge in [0.15, 0.2) is 0 Å². The molecule has 0 atom stereocenters.